The van der Waals surface area contributed by atoms with Crippen molar-refractivity contribution in [2.45, 2.75) is 19.9 Å². The van der Waals surface area contributed by atoms with Gasteiger partial charge in [-0.3, -0.25) is 9.69 Å². The number of carbonyl (C=O) groups is 2. The van der Waals surface area contributed by atoms with Crippen molar-refractivity contribution < 1.29 is 14.3 Å². The molecule has 1 atom stereocenters. The zero-order valence-electron chi connectivity index (χ0n) is 11.7. The Bertz CT molecular complexity index is 530. The van der Waals surface area contributed by atoms with Gasteiger partial charge in [0.15, 0.2) is 0 Å². The van der Waals surface area contributed by atoms with Crippen LogP contribution in [0.2, 0.25) is 0 Å². The maximum absolute atomic E-state index is 11.5. The van der Waals surface area contributed by atoms with Gasteiger partial charge in [-0.25, -0.2) is 4.79 Å². The zero-order chi connectivity index (χ0) is 14.7. The van der Waals surface area contributed by atoms with Crippen molar-refractivity contribution in [3.63, 3.8) is 0 Å². The number of halogens is 1. The highest BCUT2D eigenvalue weighted by atomic mass is 79.9. The number of esters is 1. The third-order valence-electron chi connectivity index (χ3n) is 3.62. The van der Waals surface area contributed by atoms with Crippen molar-refractivity contribution in [2.24, 2.45) is 5.92 Å². The van der Waals surface area contributed by atoms with E-state index in [1.807, 2.05) is 13.0 Å². The van der Waals surface area contributed by atoms with Crippen molar-refractivity contribution in [3.05, 3.63) is 33.8 Å². The van der Waals surface area contributed by atoms with Crippen LogP contribution in [-0.4, -0.2) is 36.9 Å². The van der Waals surface area contributed by atoms with Gasteiger partial charge in [0, 0.05) is 36.4 Å². The van der Waals surface area contributed by atoms with E-state index in [2.05, 4.69) is 20.8 Å². The minimum absolute atomic E-state index is 0.108. The lowest BCUT2D eigenvalue weighted by molar-refractivity contribution is -0.125. The molecule has 0 radical (unpaired) electrons. The molecule has 0 N–H and O–H groups in total. The second-order valence-electron chi connectivity index (χ2n) is 5.15. The summed E-state index contributed by atoms with van der Waals surface area (Å²) in [6.07, 6.45) is 0.624. The molecule has 4 nitrogen and oxygen atoms in total. The number of ketones is 1. The molecule has 0 saturated carbocycles. The first-order chi connectivity index (χ1) is 9.51. The number of nitrogens with zero attached hydrogens (tertiary/aromatic N) is 1. The first kappa shape index (κ1) is 15.2. The highest BCUT2D eigenvalue weighted by Gasteiger charge is 2.23. The van der Waals surface area contributed by atoms with E-state index in [9.17, 15) is 9.59 Å². The van der Waals surface area contributed by atoms with E-state index in [1.165, 1.54) is 7.11 Å². The molecule has 0 bridgehead atoms. The SMILES string of the molecule is COC(=O)c1ccc(CN2CCC(=O)C(C)C2)c(Br)c1. The van der Waals surface area contributed by atoms with Crippen LogP contribution < -0.4 is 0 Å². The summed E-state index contributed by atoms with van der Waals surface area (Å²) >= 11 is 3.50. The molecule has 1 heterocycles. The van der Waals surface area contributed by atoms with Crippen molar-refractivity contribution in [3.8, 4) is 0 Å². The Morgan fingerprint density at radius 3 is 2.85 bits per heavy atom. The molecule has 0 amide bonds. The van der Waals surface area contributed by atoms with Crippen LogP contribution in [-0.2, 0) is 16.1 Å². The van der Waals surface area contributed by atoms with E-state index < -0.39 is 0 Å². The number of rotatable bonds is 3. The molecular formula is C15H18BrNO3. The standard InChI is InChI=1S/C15H18BrNO3/c1-10-8-17(6-5-14(10)18)9-12-4-3-11(7-13(12)16)15(19)20-2/h3-4,7,10H,5-6,8-9H2,1-2H3. The number of likely N-dealkylation sites (tertiary alicyclic amines) is 1. The van der Waals surface area contributed by atoms with Crippen LogP contribution in [0, 0.1) is 5.92 Å². The summed E-state index contributed by atoms with van der Waals surface area (Å²) in [4.78, 5) is 25.2. The van der Waals surface area contributed by atoms with Crippen LogP contribution in [0.5, 0.6) is 0 Å². The van der Waals surface area contributed by atoms with Gasteiger partial charge < -0.3 is 4.74 Å². The summed E-state index contributed by atoms with van der Waals surface area (Å²) in [6, 6.07) is 5.47. The average Bonchev–Trinajstić information content (AvgIpc) is 2.44. The molecule has 0 aromatic heterocycles. The van der Waals surface area contributed by atoms with Gasteiger partial charge in [0.2, 0.25) is 0 Å². The summed E-state index contributed by atoms with van der Waals surface area (Å²) in [5, 5.41) is 0. The summed E-state index contributed by atoms with van der Waals surface area (Å²) in [6.45, 7) is 4.35. The van der Waals surface area contributed by atoms with Crippen LogP contribution in [0.25, 0.3) is 0 Å². The molecule has 1 aromatic rings. The second-order valence-corrected chi connectivity index (χ2v) is 6.00. The molecular weight excluding hydrogens is 322 g/mol. The third kappa shape index (κ3) is 3.46. The molecule has 1 aliphatic rings. The van der Waals surface area contributed by atoms with Crippen LogP contribution >= 0.6 is 15.9 Å². The molecule has 1 aromatic carbocycles. The van der Waals surface area contributed by atoms with Crippen molar-refractivity contribution in [1.29, 1.82) is 0 Å². The quantitative estimate of drug-likeness (QED) is 0.794. The Kier molecular flexibility index (Phi) is 4.94. The zero-order valence-corrected chi connectivity index (χ0v) is 13.3. The number of hydrogen-bond acceptors (Lipinski definition) is 4. The lowest BCUT2D eigenvalue weighted by atomic mass is 9.98. The summed E-state index contributed by atoms with van der Waals surface area (Å²) in [5.41, 5.74) is 1.64. The van der Waals surface area contributed by atoms with E-state index in [0.717, 1.165) is 29.7 Å². The number of Topliss-reactive ketones (excluding diaryl/α,β-unsaturated/α-hetero) is 1. The highest BCUT2D eigenvalue weighted by Crippen LogP contribution is 2.23. The second kappa shape index (κ2) is 6.50. The Balaban J connectivity index is 2.07. The molecule has 20 heavy (non-hydrogen) atoms. The van der Waals surface area contributed by atoms with E-state index in [4.69, 9.17) is 4.74 Å². The average molecular weight is 340 g/mol. The fourth-order valence-electron chi connectivity index (χ4n) is 2.40. The summed E-state index contributed by atoms with van der Waals surface area (Å²) in [7, 11) is 1.37. The number of piperidine rings is 1. The molecule has 1 fully saturated rings. The van der Waals surface area contributed by atoms with Gasteiger partial charge >= 0.3 is 5.97 Å². The fraction of sp³-hybridized carbons (Fsp3) is 0.467. The normalized spacial score (nSPS) is 19.9. The van der Waals surface area contributed by atoms with Crippen molar-refractivity contribution in [2.75, 3.05) is 20.2 Å². The highest BCUT2D eigenvalue weighted by molar-refractivity contribution is 9.10. The largest absolute Gasteiger partial charge is 0.465 e. The van der Waals surface area contributed by atoms with Crippen molar-refractivity contribution in [1.82, 2.24) is 4.90 Å². The Morgan fingerprint density at radius 1 is 1.50 bits per heavy atom. The molecule has 1 unspecified atom stereocenters. The maximum atomic E-state index is 11.5. The molecule has 0 spiro atoms. The predicted octanol–water partition coefficient (Wildman–Crippen LogP) is 2.65. The Labute approximate surface area is 127 Å². The summed E-state index contributed by atoms with van der Waals surface area (Å²) in [5.74, 6) is 0.118. The third-order valence-corrected chi connectivity index (χ3v) is 4.36. The Hall–Kier alpha value is -1.20. The fourth-order valence-corrected chi connectivity index (χ4v) is 2.90. The summed E-state index contributed by atoms with van der Waals surface area (Å²) < 4.78 is 5.59. The van der Waals surface area contributed by atoms with Crippen LogP contribution in [0.1, 0.15) is 29.3 Å². The van der Waals surface area contributed by atoms with Crippen LogP contribution in [0.4, 0.5) is 0 Å². The minimum atomic E-state index is -0.338. The van der Waals surface area contributed by atoms with Gasteiger partial charge in [0.1, 0.15) is 5.78 Å². The van der Waals surface area contributed by atoms with Gasteiger partial charge in [-0.2, -0.15) is 0 Å². The number of hydrogen-bond donors (Lipinski definition) is 0. The smallest absolute Gasteiger partial charge is 0.337 e. The van der Waals surface area contributed by atoms with Gasteiger partial charge in [-0.1, -0.05) is 28.9 Å². The van der Waals surface area contributed by atoms with E-state index >= 15 is 0 Å². The minimum Gasteiger partial charge on any atom is -0.465 e. The maximum Gasteiger partial charge on any atom is 0.337 e. The molecule has 1 saturated heterocycles. The molecule has 1 aliphatic heterocycles. The first-order valence-electron chi connectivity index (χ1n) is 6.63. The van der Waals surface area contributed by atoms with Crippen molar-refractivity contribution >= 4 is 27.7 Å². The number of methoxy groups -OCH3 is 1. The topological polar surface area (TPSA) is 46.6 Å². The van der Waals surface area contributed by atoms with Gasteiger partial charge in [-0.05, 0) is 17.7 Å². The number of ether oxygens (including phenoxy) is 1. The molecule has 0 aliphatic carbocycles. The number of carbonyl (C=O) groups excluding carboxylic acids is 2. The molecule has 108 valence electrons. The Morgan fingerprint density at radius 2 is 2.25 bits per heavy atom. The van der Waals surface area contributed by atoms with Gasteiger partial charge in [0.25, 0.3) is 0 Å². The van der Waals surface area contributed by atoms with Gasteiger partial charge in [-0.15, -0.1) is 0 Å². The van der Waals surface area contributed by atoms with Gasteiger partial charge in [0.05, 0.1) is 12.7 Å². The molecule has 2 rings (SSSR count). The number of benzene rings is 1. The van der Waals surface area contributed by atoms with E-state index in [0.29, 0.717) is 17.8 Å². The monoisotopic (exact) mass is 339 g/mol. The first-order valence-corrected chi connectivity index (χ1v) is 7.42. The van der Waals surface area contributed by atoms with Crippen LogP contribution in [0.15, 0.2) is 22.7 Å². The molecule has 5 heteroatoms. The van der Waals surface area contributed by atoms with E-state index in [1.54, 1.807) is 12.1 Å². The predicted molar refractivity (Wildman–Crippen MR) is 79.5 cm³/mol. The van der Waals surface area contributed by atoms with E-state index in [-0.39, 0.29) is 11.9 Å². The van der Waals surface area contributed by atoms with Crippen LogP contribution in [0.3, 0.4) is 0 Å². The lowest BCUT2D eigenvalue weighted by Crippen LogP contribution is -2.39. The lowest BCUT2D eigenvalue weighted by Gasteiger charge is -2.30.